The summed E-state index contributed by atoms with van der Waals surface area (Å²) >= 11 is 0. The molecule has 0 spiro atoms. The van der Waals surface area contributed by atoms with Gasteiger partial charge in [-0.05, 0) is 20.3 Å². The van der Waals surface area contributed by atoms with Crippen LogP contribution in [0.3, 0.4) is 0 Å². The lowest BCUT2D eigenvalue weighted by Crippen LogP contribution is -2.42. The largest absolute Gasteiger partial charge is 0.344 e. The lowest BCUT2D eigenvalue weighted by atomic mass is 10.2. The Balaban J connectivity index is 1.76. The van der Waals surface area contributed by atoms with Crippen LogP contribution in [0, 0.1) is 0 Å². The summed E-state index contributed by atoms with van der Waals surface area (Å²) < 4.78 is 1.77. The maximum absolute atomic E-state index is 12.3. The van der Waals surface area contributed by atoms with Crippen LogP contribution in [0.25, 0.3) is 11.3 Å². The Morgan fingerprint density at radius 2 is 2.00 bits per heavy atom. The van der Waals surface area contributed by atoms with Gasteiger partial charge >= 0.3 is 6.03 Å². The summed E-state index contributed by atoms with van der Waals surface area (Å²) in [6.07, 6.45) is 0.626. The molecule has 3 rings (SSSR count). The second-order valence-corrected chi connectivity index (χ2v) is 6.52. The highest BCUT2D eigenvalue weighted by Gasteiger charge is 2.30. The minimum atomic E-state index is -0.464. The summed E-state index contributed by atoms with van der Waals surface area (Å²) in [5.74, 6) is 0.544. The molecule has 1 aliphatic rings. The van der Waals surface area contributed by atoms with Crippen LogP contribution in [0.5, 0.6) is 0 Å². The van der Waals surface area contributed by atoms with Gasteiger partial charge in [0.25, 0.3) is 0 Å². The number of urea groups is 1. The number of carbonyl (C=O) groups is 2. The van der Waals surface area contributed by atoms with E-state index in [1.807, 2.05) is 50.2 Å². The number of aromatic nitrogens is 2. The summed E-state index contributed by atoms with van der Waals surface area (Å²) in [5.41, 5.74) is 1.78. The van der Waals surface area contributed by atoms with Gasteiger partial charge in [-0.15, -0.1) is 0 Å². The van der Waals surface area contributed by atoms with E-state index in [2.05, 4.69) is 15.7 Å². The van der Waals surface area contributed by atoms with Crippen molar-refractivity contribution in [3.8, 4) is 11.3 Å². The number of rotatable bonds is 4. The van der Waals surface area contributed by atoms with E-state index in [0.29, 0.717) is 18.8 Å². The Morgan fingerprint density at radius 3 is 2.60 bits per heavy atom. The number of nitrogens with one attached hydrogen (secondary N) is 2. The molecule has 25 heavy (non-hydrogen) atoms. The Labute approximate surface area is 147 Å². The molecule has 0 saturated carbocycles. The zero-order valence-corrected chi connectivity index (χ0v) is 14.7. The fourth-order valence-electron chi connectivity index (χ4n) is 2.90. The van der Waals surface area contributed by atoms with E-state index in [4.69, 9.17) is 0 Å². The topological polar surface area (TPSA) is 79.3 Å². The molecular weight excluding hydrogens is 318 g/mol. The molecule has 7 heteroatoms. The monoisotopic (exact) mass is 341 g/mol. The van der Waals surface area contributed by atoms with Crippen molar-refractivity contribution < 1.29 is 9.59 Å². The van der Waals surface area contributed by atoms with Gasteiger partial charge in [-0.2, -0.15) is 5.10 Å². The summed E-state index contributed by atoms with van der Waals surface area (Å²) in [6.45, 7) is 4.66. The first kappa shape index (κ1) is 17.0. The molecule has 0 radical (unpaired) electrons. The maximum Gasteiger partial charge on any atom is 0.321 e. The van der Waals surface area contributed by atoms with Crippen LogP contribution in [0.1, 0.15) is 26.3 Å². The Kier molecular flexibility index (Phi) is 4.74. The third-order valence-corrected chi connectivity index (χ3v) is 4.27. The number of carbonyl (C=O) groups excluding carboxylic acids is 2. The van der Waals surface area contributed by atoms with E-state index in [0.717, 1.165) is 11.3 Å². The van der Waals surface area contributed by atoms with Crippen molar-refractivity contribution in [1.29, 1.82) is 0 Å². The zero-order valence-electron chi connectivity index (χ0n) is 14.7. The van der Waals surface area contributed by atoms with Crippen molar-refractivity contribution in [3.05, 3.63) is 36.4 Å². The minimum Gasteiger partial charge on any atom is -0.344 e. The highest BCUT2D eigenvalue weighted by molar-refractivity contribution is 5.94. The highest BCUT2D eigenvalue weighted by Crippen LogP contribution is 2.24. The van der Waals surface area contributed by atoms with Gasteiger partial charge in [-0.25, -0.2) is 9.48 Å². The first-order valence-electron chi connectivity index (χ1n) is 8.43. The summed E-state index contributed by atoms with van der Waals surface area (Å²) in [5, 5.41) is 10.2. The third-order valence-electron chi connectivity index (χ3n) is 4.27. The van der Waals surface area contributed by atoms with Gasteiger partial charge in [-0.1, -0.05) is 30.3 Å². The first-order chi connectivity index (χ1) is 12.0. The number of likely N-dealkylation sites (tertiary alicyclic amines) is 1. The lowest BCUT2D eigenvalue weighted by molar-refractivity contribution is -0.128. The van der Waals surface area contributed by atoms with E-state index in [9.17, 15) is 9.59 Å². The predicted molar refractivity (Wildman–Crippen MR) is 96.2 cm³/mol. The fraction of sp³-hybridized carbons (Fsp3) is 0.389. The molecule has 1 aromatic carbocycles. The number of likely N-dealkylation sites (N-methyl/N-ethyl adjacent to an activating group) is 1. The molecule has 0 bridgehead atoms. The van der Waals surface area contributed by atoms with Gasteiger partial charge in [0.2, 0.25) is 5.91 Å². The molecule has 3 amide bonds. The first-order valence-corrected chi connectivity index (χ1v) is 8.43. The number of hydrogen-bond donors (Lipinski definition) is 2. The SMILES string of the molecule is CC(C)n1nc(-c2ccccc2)cc1NC(=O)NC1CCN(C)C1=O. The molecule has 2 heterocycles. The van der Waals surface area contributed by atoms with Crippen molar-refractivity contribution >= 4 is 17.8 Å². The van der Waals surface area contributed by atoms with Crippen molar-refractivity contribution in [3.63, 3.8) is 0 Å². The van der Waals surface area contributed by atoms with Gasteiger partial charge in [0, 0.05) is 31.3 Å². The summed E-state index contributed by atoms with van der Waals surface area (Å²) in [4.78, 5) is 25.9. The van der Waals surface area contributed by atoms with Crippen LogP contribution in [0.15, 0.2) is 36.4 Å². The van der Waals surface area contributed by atoms with Gasteiger partial charge in [-0.3, -0.25) is 10.1 Å². The van der Waals surface area contributed by atoms with Crippen molar-refractivity contribution in [2.75, 3.05) is 18.9 Å². The molecule has 1 atom stereocenters. The van der Waals surface area contributed by atoms with E-state index in [1.165, 1.54) is 0 Å². The van der Waals surface area contributed by atoms with Crippen LogP contribution in [-0.4, -0.2) is 46.3 Å². The third kappa shape index (κ3) is 3.65. The quantitative estimate of drug-likeness (QED) is 0.897. The van der Waals surface area contributed by atoms with E-state index < -0.39 is 12.1 Å². The Bertz CT molecular complexity index is 769. The van der Waals surface area contributed by atoms with E-state index in [-0.39, 0.29) is 11.9 Å². The second-order valence-electron chi connectivity index (χ2n) is 6.52. The van der Waals surface area contributed by atoms with Gasteiger partial charge in [0.1, 0.15) is 11.9 Å². The van der Waals surface area contributed by atoms with Crippen LogP contribution in [0.2, 0.25) is 0 Å². The molecule has 0 aliphatic carbocycles. The lowest BCUT2D eigenvalue weighted by Gasteiger charge is -2.15. The van der Waals surface area contributed by atoms with Crippen molar-refractivity contribution in [1.82, 2.24) is 20.0 Å². The number of hydrogen-bond acceptors (Lipinski definition) is 3. The van der Waals surface area contributed by atoms with Crippen molar-refractivity contribution in [2.45, 2.75) is 32.4 Å². The van der Waals surface area contributed by atoms with Crippen LogP contribution in [0.4, 0.5) is 10.6 Å². The molecule has 1 unspecified atom stereocenters. The van der Waals surface area contributed by atoms with Gasteiger partial charge < -0.3 is 10.2 Å². The number of nitrogens with zero attached hydrogens (tertiary/aromatic N) is 3. The second kappa shape index (κ2) is 6.96. The molecule has 2 aromatic rings. The highest BCUT2D eigenvalue weighted by atomic mass is 16.2. The molecule has 1 saturated heterocycles. The smallest absolute Gasteiger partial charge is 0.321 e. The minimum absolute atomic E-state index is 0.0579. The van der Waals surface area contributed by atoms with E-state index in [1.54, 1.807) is 16.6 Å². The predicted octanol–water partition coefficient (Wildman–Crippen LogP) is 2.48. The molecule has 2 N–H and O–H groups in total. The Hall–Kier alpha value is -2.83. The average Bonchev–Trinajstić information content (AvgIpc) is 3.14. The Morgan fingerprint density at radius 1 is 1.28 bits per heavy atom. The number of benzene rings is 1. The molecule has 1 fully saturated rings. The maximum atomic E-state index is 12.3. The van der Waals surface area contributed by atoms with Crippen LogP contribution < -0.4 is 10.6 Å². The zero-order chi connectivity index (χ0) is 18.0. The van der Waals surface area contributed by atoms with Gasteiger partial charge in [0.15, 0.2) is 0 Å². The molecule has 1 aromatic heterocycles. The van der Waals surface area contributed by atoms with Crippen molar-refractivity contribution in [2.24, 2.45) is 0 Å². The molecule has 132 valence electrons. The summed E-state index contributed by atoms with van der Waals surface area (Å²) in [7, 11) is 1.74. The summed E-state index contributed by atoms with van der Waals surface area (Å²) in [6, 6.07) is 10.9. The van der Waals surface area contributed by atoms with Gasteiger partial charge in [0.05, 0.1) is 5.69 Å². The molecule has 7 nitrogen and oxygen atoms in total. The van der Waals surface area contributed by atoms with Crippen LogP contribution >= 0.6 is 0 Å². The average molecular weight is 341 g/mol. The molecular formula is C18H23N5O2. The normalized spacial score (nSPS) is 17.2. The van der Waals surface area contributed by atoms with E-state index >= 15 is 0 Å². The number of amides is 3. The standard InChI is InChI=1S/C18H23N5O2/c1-12(2)23-16(11-15(21-23)13-7-5-4-6-8-13)20-18(25)19-14-9-10-22(3)17(14)24/h4-8,11-12,14H,9-10H2,1-3H3,(H2,19,20,25). The number of anilines is 1. The molecule has 1 aliphatic heterocycles. The fourth-order valence-corrected chi connectivity index (χ4v) is 2.90. The van der Waals surface area contributed by atoms with Crippen LogP contribution in [-0.2, 0) is 4.79 Å².